The van der Waals surface area contributed by atoms with E-state index < -0.39 is 0 Å². The average Bonchev–Trinajstić information content (AvgIpc) is 2.91. The van der Waals surface area contributed by atoms with Crippen LogP contribution in [-0.4, -0.2) is 46.8 Å². The Bertz CT molecular complexity index is 357. The highest BCUT2D eigenvalue weighted by atomic mass is 16.2. The first kappa shape index (κ1) is 12.1. The highest BCUT2D eigenvalue weighted by Gasteiger charge is 2.26. The van der Waals surface area contributed by atoms with Gasteiger partial charge in [-0.3, -0.25) is 9.48 Å². The molecule has 94 valence electrons. The molecule has 1 saturated heterocycles. The molecular weight excluding hydrogens is 216 g/mol. The molecule has 1 aliphatic heterocycles. The van der Waals surface area contributed by atoms with Crippen LogP contribution in [0.1, 0.15) is 25.8 Å². The van der Waals surface area contributed by atoms with Gasteiger partial charge in [-0.2, -0.15) is 5.10 Å². The second-order valence-corrected chi connectivity index (χ2v) is 4.61. The Kier molecular flexibility index (Phi) is 3.78. The van der Waals surface area contributed by atoms with E-state index in [9.17, 15) is 4.79 Å². The molecule has 0 aromatic carbocycles. The highest BCUT2D eigenvalue weighted by molar-refractivity contribution is 5.80. The SMILES string of the molecule is CC(C(=O)N(C)C1CCCNC1)n1cccn1. The predicted molar refractivity (Wildman–Crippen MR) is 65.6 cm³/mol. The van der Waals surface area contributed by atoms with Gasteiger partial charge in [0.15, 0.2) is 0 Å². The predicted octanol–water partition coefficient (Wildman–Crippen LogP) is 0.654. The van der Waals surface area contributed by atoms with Crippen LogP contribution in [0.4, 0.5) is 0 Å². The minimum Gasteiger partial charge on any atom is -0.340 e. The first-order valence-corrected chi connectivity index (χ1v) is 6.16. The lowest BCUT2D eigenvalue weighted by atomic mass is 10.1. The summed E-state index contributed by atoms with van der Waals surface area (Å²) in [6, 6.07) is 1.93. The molecule has 1 N–H and O–H groups in total. The Morgan fingerprint density at radius 1 is 1.65 bits per heavy atom. The largest absolute Gasteiger partial charge is 0.340 e. The summed E-state index contributed by atoms with van der Waals surface area (Å²) in [5, 5.41) is 7.45. The lowest BCUT2D eigenvalue weighted by Gasteiger charge is -2.33. The molecule has 1 aromatic heterocycles. The average molecular weight is 236 g/mol. The van der Waals surface area contributed by atoms with Gasteiger partial charge in [-0.05, 0) is 32.4 Å². The van der Waals surface area contributed by atoms with Gasteiger partial charge in [-0.25, -0.2) is 0 Å². The minimum absolute atomic E-state index is 0.127. The molecular formula is C12H20N4O. The van der Waals surface area contributed by atoms with Crippen LogP contribution >= 0.6 is 0 Å². The fourth-order valence-corrected chi connectivity index (χ4v) is 2.26. The van der Waals surface area contributed by atoms with E-state index >= 15 is 0 Å². The number of hydrogen-bond acceptors (Lipinski definition) is 3. The zero-order valence-electron chi connectivity index (χ0n) is 10.5. The van der Waals surface area contributed by atoms with Gasteiger partial charge >= 0.3 is 0 Å². The number of carbonyl (C=O) groups is 1. The zero-order chi connectivity index (χ0) is 12.3. The van der Waals surface area contributed by atoms with E-state index in [0.717, 1.165) is 25.9 Å². The van der Waals surface area contributed by atoms with Gasteiger partial charge in [-0.15, -0.1) is 0 Å². The number of carbonyl (C=O) groups excluding carboxylic acids is 1. The monoisotopic (exact) mass is 236 g/mol. The van der Waals surface area contributed by atoms with E-state index in [1.165, 1.54) is 0 Å². The molecule has 17 heavy (non-hydrogen) atoms. The van der Waals surface area contributed by atoms with E-state index in [4.69, 9.17) is 0 Å². The number of piperidine rings is 1. The van der Waals surface area contributed by atoms with Gasteiger partial charge in [0, 0.05) is 32.0 Å². The van der Waals surface area contributed by atoms with Crippen molar-refractivity contribution < 1.29 is 4.79 Å². The molecule has 1 fully saturated rings. The van der Waals surface area contributed by atoms with Crippen molar-refractivity contribution in [3.05, 3.63) is 18.5 Å². The third kappa shape index (κ3) is 2.66. The Hall–Kier alpha value is -1.36. The topological polar surface area (TPSA) is 50.2 Å². The second-order valence-electron chi connectivity index (χ2n) is 4.61. The standard InChI is InChI=1S/C12H20N4O/c1-10(16-8-4-7-14-16)12(17)15(2)11-5-3-6-13-9-11/h4,7-8,10-11,13H,3,5-6,9H2,1-2H3. The summed E-state index contributed by atoms with van der Waals surface area (Å²) in [6.45, 7) is 3.85. The lowest BCUT2D eigenvalue weighted by molar-refractivity contribution is -0.135. The number of nitrogens with one attached hydrogen (secondary N) is 1. The summed E-state index contributed by atoms with van der Waals surface area (Å²) in [4.78, 5) is 14.1. The van der Waals surface area contributed by atoms with Crippen LogP contribution in [0, 0.1) is 0 Å². The van der Waals surface area contributed by atoms with Crippen LogP contribution in [-0.2, 0) is 4.79 Å². The molecule has 0 saturated carbocycles. The summed E-state index contributed by atoms with van der Waals surface area (Å²) < 4.78 is 1.70. The maximum absolute atomic E-state index is 12.3. The maximum Gasteiger partial charge on any atom is 0.247 e. The molecule has 0 radical (unpaired) electrons. The molecule has 5 nitrogen and oxygen atoms in total. The van der Waals surface area contributed by atoms with Crippen molar-refractivity contribution in [2.45, 2.75) is 31.8 Å². The molecule has 1 amide bonds. The summed E-state index contributed by atoms with van der Waals surface area (Å²) in [7, 11) is 1.89. The minimum atomic E-state index is -0.225. The number of nitrogens with zero attached hydrogens (tertiary/aromatic N) is 3. The smallest absolute Gasteiger partial charge is 0.247 e. The highest BCUT2D eigenvalue weighted by Crippen LogP contribution is 2.14. The third-order valence-corrected chi connectivity index (χ3v) is 3.45. The molecule has 5 heteroatoms. The molecule has 1 aromatic rings. The van der Waals surface area contributed by atoms with Crippen molar-refractivity contribution in [2.75, 3.05) is 20.1 Å². The molecule has 2 unspecified atom stereocenters. The molecule has 2 atom stereocenters. The second kappa shape index (κ2) is 5.31. The molecule has 2 heterocycles. The van der Waals surface area contributed by atoms with Crippen molar-refractivity contribution in [1.82, 2.24) is 20.0 Å². The van der Waals surface area contributed by atoms with Gasteiger partial charge in [0.25, 0.3) is 0 Å². The summed E-state index contributed by atoms with van der Waals surface area (Å²) in [5.41, 5.74) is 0. The van der Waals surface area contributed by atoms with Gasteiger partial charge in [0.1, 0.15) is 6.04 Å². The number of amides is 1. The van der Waals surface area contributed by atoms with Crippen LogP contribution in [0.5, 0.6) is 0 Å². The first-order valence-electron chi connectivity index (χ1n) is 6.16. The van der Waals surface area contributed by atoms with Crippen LogP contribution < -0.4 is 5.32 Å². The van der Waals surface area contributed by atoms with Crippen molar-refractivity contribution in [3.63, 3.8) is 0 Å². The Morgan fingerprint density at radius 2 is 2.47 bits per heavy atom. The van der Waals surface area contributed by atoms with E-state index in [1.807, 2.05) is 31.1 Å². The number of rotatable bonds is 3. The Balaban J connectivity index is 1.98. The van der Waals surface area contributed by atoms with E-state index in [-0.39, 0.29) is 11.9 Å². The number of aromatic nitrogens is 2. The van der Waals surface area contributed by atoms with Gasteiger partial charge in [0.05, 0.1) is 0 Å². The fraction of sp³-hybridized carbons (Fsp3) is 0.667. The Morgan fingerprint density at radius 3 is 3.06 bits per heavy atom. The van der Waals surface area contributed by atoms with Crippen molar-refractivity contribution >= 4 is 5.91 Å². The van der Waals surface area contributed by atoms with Crippen LogP contribution in [0.2, 0.25) is 0 Å². The van der Waals surface area contributed by atoms with E-state index in [1.54, 1.807) is 10.9 Å². The molecule has 0 aliphatic carbocycles. The molecule has 1 aliphatic rings. The van der Waals surface area contributed by atoms with Crippen LogP contribution in [0.15, 0.2) is 18.5 Å². The Labute approximate surface area is 102 Å². The van der Waals surface area contributed by atoms with E-state index in [0.29, 0.717) is 6.04 Å². The molecule has 0 spiro atoms. The number of hydrogen-bond donors (Lipinski definition) is 1. The summed E-state index contributed by atoms with van der Waals surface area (Å²) in [5.74, 6) is 0.127. The normalized spacial score (nSPS) is 22.1. The first-order chi connectivity index (χ1) is 8.20. The van der Waals surface area contributed by atoms with Crippen molar-refractivity contribution in [1.29, 1.82) is 0 Å². The fourth-order valence-electron chi connectivity index (χ4n) is 2.26. The van der Waals surface area contributed by atoms with Gasteiger partial charge < -0.3 is 10.2 Å². The van der Waals surface area contributed by atoms with Crippen LogP contribution in [0.3, 0.4) is 0 Å². The lowest BCUT2D eigenvalue weighted by Crippen LogP contribution is -2.48. The van der Waals surface area contributed by atoms with Crippen molar-refractivity contribution in [3.8, 4) is 0 Å². The third-order valence-electron chi connectivity index (χ3n) is 3.45. The van der Waals surface area contributed by atoms with Crippen molar-refractivity contribution in [2.24, 2.45) is 0 Å². The summed E-state index contributed by atoms with van der Waals surface area (Å²) in [6.07, 6.45) is 5.75. The quantitative estimate of drug-likeness (QED) is 0.838. The van der Waals surface area contributed by atoms with E-state index in [2.05, 4.69) is 10.4 Å². The maximum atomic E-state index is 12.3. The van der Waals surface area contributed by atoms with Gasteiger partial charge in [-0.1, -0.05) is 0 Å². The van der Waals surface area contributed by atoms with Crippen LogP contribution in [0.25, 0.3) is 0 Å². The summed E-state index contributed by atoms with van der Waals surface area (Å²) >= 11 is 0. The molecule has 2 rings (SSSR count). The van der Waals surface area contributed by atoms with Gasteiger partial charge in [0.2, 0.25) is 5.91 Å². The zero-order valence-corrected chi connectivity index (χ0v) is 10.5. The number of likely N-dealkylation sites (N-methyl/N-ethyl adjacent to an activating group) is 1. The molecule has 0 bridgehead atoms.